The van der Waals surface area contributed by atoms with Crippen LogP contribution in [0.25, 0.3) is 0 Å². The maximum atomic E-state index is 12.6. The van der Waals surface area contributed by atoms with Crippen molar-refractivity contribution in [2.75, 3.05) is 33.3 Å². The zero-order valence-corrected chi connectivity index (χ0v) is 23.2. The van der Waals surface area contributed by atoms with Crippen molar-refractivity contribution in [1.82, 2.24) is 21.0 Å². The summed E-state index contributed by atoms with van der Waals surface area (Å²) in [6, 6.07) is -4.23. The fourth-order valence-corrected chi connectivity index (χ4v) is 5.30. The first-order valence-corrected chi connectivity index (χ1v) is 13.4. The lowest BCUT2D eigenvalue weighted by Gasteiger charge is -2.49. The predicted octanol–water partition coefficient (Wildman–Crippen LogP) is -4.93. The van der Waals surface area contributed by atoms with E-state index in [4.69, 9.17) is 47.3 Å². The van der Waals surface area contributed by atoms with Gasteiger partial charge in [-0.3, -0.25) is 10.6 Å². The molecule has 0 spiro atoms. The molecule has 16 N–H and O–H groups in total. The second-order valence-corrected chi connectivity index (χ2v) is 10.6. The summed E-state index contributed by atoms with van der Waals surface area (Å²) in [6.45, 7) is 1.20. The quantitative estimate of drug-likeness (QED) is 0.0490. The average Bonchev–Trinajstić information content (AvgIpc) is 2.90. The molecular weight excluding hydrogens is 546 g/mol. The summed E-state index contributed by atoms with van der Waals surface area (Å²) >= 11 is 0. The smallest absolute Gasteiger partial charge is 0.341 e. The number of ether oxygens (including phenoxy) is 4. The fourth-order valence-electron chi connectivity index (χ4n) is 5.30. The zero-order valence-electron chi connectivity index (χ0n) is 23.2. The first kappa shape index (κ1) is 33.1. The van der Waals surface area contributed by atoms with Crippen molar-refractivity contribution < 1.29 is 44.3 Å². The number of urea groups is 1. The highest BCUT2D eigenvalue weighted by molar-refractivity contribution is 5.74. The van der Waals surface area contributed by atoms with Crippen molar-refractivity contribution in [2.24, 2.45) is 22.9 Å². The molecule has 0 radical (unpaired) electrons. The number of hydroxylamine groups is 2. The molecule has 0 aromatic rings. The van der Waals surface area contributed by atoms with Crippen LogP contribution in [-0.4, -0.2) is 138 Å². The molecular formula is C23H45N9O9. The number of carbonyl (C=O) groups excluding carboxylic acids is 1. The van der Waals surface area contributed by atoms with Gasteiger partial charge in [-0.25, -0.2) is 9.86 Å². The number of aliphatic hydroxyl groups is 3. The number of guanidine groups is 1. The zero-order chi connectivity index (χ0) is 30.5. The highest BCUT2D eigenvalue weighted by atomic mass is 16.7. The summed E-state index contributed by atoms with van der Waals surface area (Å²) in [4.78, 5) is 12.6. The maximum Gasteiger partial charge on any atom is 0.341 e. The van der Waals surface area contributed by atoms with Crippen LogP contribution in [0.4, 0.5) is 4.79 Å². The van der Waals surface area contributed by atoms with Gasteiger partial charge in [-0.2, -0.15) is 0 Å². The second-order valence-electron chi connectivity index (χ2n) is 10.6. The normalized spacial score (nSPS) is 39.3. The molecule has 11 atom stereocenters. The first-order valence-electron chi connectivity index (χ1n) is 13.4. The largest absolute Gasteiger partial charge is 0.466 e. The molecule has 0 aromatic heterocycles. The van der Waals surface area contributed by atoms with E-state index in [-0.39, 0.29) is 38.6 Å². The highest BCUT2D eigenvalue weighted by Gasteiger charge is 2.52. The molecule has 18 heteroatoms. The predicted molar refractivity (Wildman–Crippen MR) is 143 cm³/mol. The van der Waals surface area contributed by atoms with Gasteiger partial charge in [-0.1, -0.05) is 0 Å². The van der Waals surface area contributed by atoms with Gasteiger partial charge in [0.05, 0.1) is 37.8 Å². The van der Waals surface area contributed by atoms with E-state index >= 15 is 0 Å². The molecule has 18 nitrogen and oxygen atoms in total. The molecule has 1 unspecified atom stereocenters. The van der Waals surface area contributed by atoms with Crippen LogP contribution in [0.1, 0.15) is 19.8 Å². The van der Waals surface area contributed by atoms with Crippen molar-refractivity contribution in [3.05, 3.63) is 11.8 Å². The van der Waals surface area contributed by atoms with Gasteiger partial charge < -0.3 is 73.2 Å². The Labute approximate surface area is 237 Å². The number of hydrogen-bond donors (Lipinski definition) is 12. The number of likely N-dealkylation sites (N-methyl/N-ethyl adjacent to an activating group) is 1. The van der Waals surface area contributed by atoms with Crippen LogP contribution < -0.4 is 38.9 Å². The SMILES string of the molecule is CN[C@@H]1[C@@H](O)[C@@H](O[C@H]2[C@H](NC(=O)N(O)CCN)C[C@H](N)C(O[C@H]3OC(CN)=CC[C@H]3NC(=N)N)[C@@H]2O)OC[C@]1(C)O. The number of nitrogens with zero attached hydrogens (tertiary/aromatic N) is 1. The van der Waals surface area contributed by atoms with Crippen LogP contribution >= 0.6 is 0 Å². The lowest BCUT2D eigenvalue weighted by Crippen LogP contribution is -2.69. The van der Waals surface area contributed by atoms with Crippen molar-refractivity contribution in [1.29, 1.82) is 5.41 Å². The Bertz CT molecular complexity index is 929. The van der Waals surface area contributed by atoms with E-state index in [9.17, 15) is 25.3 Å². The average molecular weight is 592 g/mol. The molecule has 3 aliphatic rings. The third-order valence-corrected chi connectivity index (χ3v) is 7.36. The molecule has 0 aromatic carbocycles. The molecule has 0 bridgehead atoms. The fraction of sp³-hybridized carbons (Fsp3) is 0.826. The molecule has 2 fully saturated rings. The van der Waals surface area contributed by atoms with E-state index in [1.54, 1.807) is 13.1 Å². The Morgan fingerprint density at radius 1 is 1.20 bits per heavy atom. The highest BCUT2D eigenvalue weighted by Crippen LogP contribution is 2.32. The number of hydrogen-bond acceptors (Lipinski definition) is 14. The van der Waals surface area contributed by atoms with Crippen LogP contribution in [0.3, 0.4) is 0 Å². The molecule has 2 heterocycles. The number of aliphatic hydroxyl groups excluding tert-OH is 2. The minimum atomic E-state index is -1.52. The third kappa shape index (κ3) is 7.93. The number of carbonyl (C=O) groups is 1. The summed E-state index contributed by atoms with van der Waals surface area (Å²) in [5.41, 5.74) is 21.7. The van der Waals surface area contributed by atoms with E-state index in [0.717, 1.165) is 0 Å². The number of nitrogens with two attached hydrogens (primary N) is 4. The molecule has 1 saturated heterocycles. The Morgan fingerprint density at radius 3 is 2.49 bits per heavy atom. The Morgan fingerprint density at radius 2 is 1.88 bits per heavy atom. The van der Waals surface area contributed by atoms with Crippen LogP contribution in [-0.2, 0) is 18.9 Å². The molecule has 2 aliphatic heterocycles. The summed E-state index contributed by atoms with van der Waals surface area (Å²) in [5, 5.41) is 59.2. The summed E-state index contributed by atoms with van der Waals surface area (Å²) in [6.07, 6.45) is -5.61. The maximum absolute atomic E-state index is 12.6. The van der Waals surface area contributed by atoms with Crippen LogP contribution in [0.5, 0.6) is 0 Å². The van der Waals surface area contributed by atoms with E-state index in [1.165, 1.54) is 6.92 Å². The van der Waals surface area contributed by atoms with E-state index in [0.29, 0.717) is 17.2 Å². The summed E-state index contributed by atoms with van der Waals surface area (Å²) in [5.74, 6) is 0.110. The van der Waals surface area contributed by atoms with Gasteiger partial charge in [0.2, 0.25) is 6.29 Å². The number of amides is 2. The van der Waals surface area contributed by atoms with Gasteiger partial charge in [0, 0.05) is 12.6 Å². The van der Waals surface area contributed by atoms with Gasteiger partial charge in [-0.15, -0.1) is 0 Å². The molecule has 41 heavy (non-hydrogen) atoms. The number of rotatable bonds is 10. The first-order chi connectivity index (χ1) is 19.3. The molecule has 1 saturated carbocycles. The van der Waals surface area contributed by atoms with Gasteiger partial charge in [0.1, 0.15) is 35.8 Å². The van der Waals surface area contributed by atoms with E-state index in [2.05, 4.69) is 16.0 Å². The lowest BCUT2D eigenvalue weighted by molar-refractivity contribution is -0.304. The standard InChI is InChI=1S/C23H45N9O9/c1-23(36)9-38-20(15(34)18(23)29-2)41-17-13(31-22(35)32(37)6-5-24)7-11(26)16(14(17)33)40-19-12(30-21(27)28)4-3-10(8-25)39-19/h3,11-20,29,33-34,36-37H,4-9,24-26H2,1-2H3,(H,31,35)(H4,27,28,30)/t11-,12+,13+,14-,15+,16?,17-,18+,19+,20+,23-/m0/s1. The second kappa shape index (κ2) is 14.2. The minimum Gasteiger partial charge on any atom is -0.466 e. The van der Waals surface area contributed by atoms with Gasteiger partial charge in [0.25, 0.3) is 0 Å². The number of nitrogens with one attached hydrogen (secondary N) is 4. The van der Waals surface area contributed by atoms with Crippen LogP contribution in [0, 0.1) is 5.41 Å². The van der Waals surface area contributed by atoms with Gasteiger partial charge in [-0.05, 0) is 32.9 Å². The minimum absolute atomic E-state index is 0.00168. The van der Waals surface area contributed by atoms with Crippen LogP contribution in [0.15, 0.2) is 11.8 Å². The monoisotopic (exact) mass is 591 g/mol. The Hall–Kier alpha value is -2.36. The van der Waals surface area contributed by atoms with Gasteiger partial charge in [0.15, 0.2) is 12.2 Å². The van der Waals surface area contributed by atoms with E-state index < -0.39 is 72.8 Å². The molecule has 2 amide bonds. The summed E-state index contributed by atoms with van der Waals surface area (Å²) < 4.78 is 23.6. The van der Waals surface area contributed by atoms with Crippen molar-refractivity contribution >= 4 is 12.0 Å². The molecule has 1 aliphatic carbocycles. The molecule has 3 rings (SSSR count). The van der Waals surface area contributed by atoms with Crippen molar-refractivity contribution in [3.63, 3.8) is 0 Å². The van der Waals surface area contributed by atoms with Gasteiger partial charge >= 0.3 is 6.03 Å². The lowest BCUT2D eigenvalue weighted by atomic mass is 9.83. The van der Waals surface area contributed by atoms with Crippen molar-refractivity contribution in [3.8, 4) is 0 Å². The summed E-state index contributed by atoms with van der Waals surface area (Å²) in [7, 11) is 1.55. The third-order valence-electron chi connectivity index (χ3n) is 7.36. The van der Waals surface area contributed by atoms with Crippen LogP contribution in [0.2, 0.25) is 0 Å². The molecule has 236 valence electrons. The van der Waals surface area contributed by atoms with Crippen molar-refractivity contribution in [2.45, 2.75) is 86.5 Å². The topological polar surface area (TPSA) is 302 Å². The van der Waals surface area contributed by atoms with E-state index in [1.807, 2.05) is 0 Å². The Kier molecular flexibility index (Phi) is 11.5. The Balaban J connectivity index is 1.86.